The van der Waals surface area contributed by atoms with Crippen LogP contribution in [-0.4, -0.2) is 5.84 Å². The number of nitrogens with one attached hydrogen (secondary N) is 1. The summed E-state index contributed by atoms with van der Waals surface area (Å²) in [6.07, 6.45) is 1.92. The molecule has 0 amide bonds. The fourth-order valence-corrected chi connectivity index (χ4v) is 1.56. The normalized spacial score (nSPS) is 10.8. The molecule has 0 unspecified atom stereocenters. The quantitative estimate of drug-likeness (QED) is 0.376. The number of hydrogen-bond acceptors (Lipinski definition) is 2. The summed E-state index contributed by atoms with van der Waals surface area (Å²) < 4.78 is 0. The molecule has 3 heteroatoms. The van der Waals surface area contributed by atoms with Gasteiger partial charge in [-0.05, 0) is 19.1 Å². The summed E-state index contributed by atoms with van der Waals surface area (Å²) in [4.78, 5) is 4.44. The van der Waals surface area contributed by atoms with Crippen LogP contribution in [0.5, 0.6) is 0 Å². The number of nitrogens with zero attached hydrogens (tertiary/aromatic N) is 2. The van der Waals surface area contributed by atoms with Crippen molar-refractivity contribution in [3.63, 3.8) is 0 Å². The van der Waals surface area contributed by atoms with E-state index in [0.29, 0.717) is 5.84 Å². The number of aliphatic imine (C=N–C) groups is 1. The number of rotatable bonds is 2. The molecule has 0 atom stereocenters. The van der Waals surface area contributed by atoms with Gasteiger partial charge in [-0.2, -0.15) is 5.26 Å². The van der Waals surface area contributed by atoms with Crippen molar-refractivity contribution in [3.05, 3.63) is 65.7 Å². The molecule has 2 rings (SSSR count). The zero-order valence-corrected chi connectivity index (χ0v) is 10.1. The Morgan fingerprint density at radius 2 is 1.72 bits per heavy atom. The van der Waals surface area contributed by atoms with Crippen LogP contribution in [0.1, 0.15) is 11.1 Å². The Morgan fingerprint density at radius 1 is 1.06 bits per heavy atom. The third-order valence-electron chi connectivity index (χ3n) is 2.50. The highest BCUT2D eigenvalue weighted by molar-refractivity contribution is 6.01. The summed E-state index contributed by atoms with van der Waals surface area (Å²) in [6, 6.07) is 17.4. The first kappa shape index (κ1) is 11.9. The molecule has 18 heavy (non-hydrogen) atoms. The number of amidine groups is 1. The van der Waals surface area contributed by atoms with Gasteiger partial charge >= 0.3 is 0 Å². The molecule has 0 aliphatic heterocycles. The van der Waals surface area contributed by atoms with Crippen molar-refractivity contribution < 1.29 is 0 Å². The SMILES string of the molecule is Cc1ccc(N=C(NC#N)c2ccccc2)cc1. The molecule has 0 fully saturated rings. The first-order valence-corrected chi connectivity index (χ1v) is 5.65. The Kier molecular flexibility index (Phi) is 3.72. The molecule has 0 spiro atoms. The number of nitriles is 1. The second-order valence-electron chi connectivity index (χ2n) is 3.90. The van der Waals surface area contributed by atoms with Crippen molar-refractivity contribution in [1.82, 2.24) is 5.32 Å². The van der Waals surface area contributed by atoms with E-state index in [9.17, 15) is 0 Å². The standard InChI is InChI=1S/C15H13N3/c1-12-7-9-14(10-8-12)18-15(17-11-16)13-5-3-2-4-6-13/h2-10H,1H3,(H,17,18). The first-order valence-electron chi connectivity index (χ1n) is 5.65. The lowest BCUT2D eigenvalue weighted by molar-refractivity contribution is 1.24. The Labute approximate surface area is 106 Å². The lowest BCUT2D eigenvalue weighted by Crippen LogP contribution is -2.18. The van der Waals surface area contributed by atoms with Gasteiger partial charge in [-0.25, -0.2) is 4.99 Å². The second kappa shape index (κ2) is 5.65. The Morgan fingerprint density at radius 3 is 2.33 bits per heavy atom. The summed E-state index contributed by atoms with van der Waals surface area (Å²) in [6.45, 7) is 2.03. The van der Waals surface area contributed by atoms with Crippen molar-refractivity contribution in [2.45, 2.75) is 6.92 Å². The van der Waals surface area contributed by atoms with Gasteiger partial charge in [0.05, 0.1) is 5.69 Å². The van der Waals surface area contributed by atoms with E-state index in [0.717, 1.165) is 11.3 Å². The highest BCUT2D eigenvalue weighted by atomic mass is 15.0. The van der Waals surface area contributed by atoms with Gasteiger partial charge in [0.2, 0.25) is 0 Å². The third-order valence-corrected chi connectivity index (χ3v) is 2.50. The van der Waals surface area contributed by atoms with E-state index in [-0.39, 0.29) is 0 Å². The summed E-state index contributed by atoms with van der Waals surface area (Å²) >= 11 is 0. The molecule has 0 heterocycles. The molecule has 0 aliphatic carbocycles. The molecule has 0 bridgehead atoms. The summed E-state index contributed by atoms with van der Waals surface area (Å²) in [5.41, 5.74) is 2.89. The van der Waals surface area contributed by atoms with Gasteiger partial charge in [0.15, 0.2) is 6.19 Å². The van der Waals surface area contributed by atoms with Crippen molar-refractivity contribution >= 4 is 11.5 Å². The van der Waals surface area contributed by atoms with Crippen LogP contribution >= 0.6 is 0 Å². The van der Waals surface area contributed by atoms with Gasteiger partial charge in [-0.1, -0.05) is 48.0 Å². The van der Waals surface area contributed by atoms with E-state index < -0.39 is 0 Å². The number of hydrogen-bond donors (Lipinski definition) is 1. The van der Waals surface area contributed by atoms with Crippen molar-refractivity contribution in [2.75, 3.05) is 0 Å². The van der Waals surface area contributed by atoms with Gasteiger partial charge in [0, 0.05) is 5.56 Å². The van der Waals surface area contributed by atoms with Crippen molar-refractivity contribution in [1.29, 1.82) is 5.26 Å². The van der Waals surface area contributed by atoms with Gasteiger partial charge in [-0.3, -0.25) is 5.32 Å². The van der Waals surface area contributed by atoms with Gasteiger partial charge in [0.1, 0.15) is 5.84 Å². The van der Waals surface area contributed by atoms with Crippen LogP contribution in [0.3, 0.4) is 0 Å². The van der Waals surface area contributed by atoms with Crippen LogP contribution in [0.25, 0.3) is 0 Å². The van der Waals surface area contributed by atoms with Crippen LogP contribution in [0.15, 0.2) is 59.6 Å². The van der Waals surface area contributed by atoms with Gasteiger partial charge < -0.3 is 0 Å². The minimum Gasteiger partial charge on any atom is -0.276 e. The van der Waals surface area contributed by atoms with E-state index in [1.807, 2.05) is 67.7 Å². The van der Waals surface area contributed by atoms with E-state index in [2.05, 4.69) is 10.3 Å². The van der Waals surface area contributed by atoms with Crippen LogP contribution in [-0.2, 0) is 0 Å². The molecule has 0 aromatic heterocycles. The number of aryl methyl sites for hydroxylation is 1. The smallest absolute Gasteiger partial charge is 0.182 e. The van der Waals surface area contributed by atoms with Crippen LogP contribution in [0.2, 0.25) is 0 Å². The number of benzene rings is 2. The van der Waals surface area contributed by atoms with Crippen LogP contribution in [0, 0.1) is 18.4 Å². The van der Waals surface area contributed by atoms with Crippen LogP contribution < -0.4 is 5.32 Å². The maximum Gasteiger partial charge on any atom is 0.182 e. The molecular weight excluding hydrogens is 222 g/mol. The summed E-state index contributed by atoms with van der Waals surface area (Å²) in [7, 11) is 0. The largest absolute Gasteiger partial charge is 0.276 e. The summed E-state index contributed by atoms with van der Waals surface area (Å²) in [5, 5.41) is 11.4. The lowest BCUT2D eigenvalue weighted by atomic mass is 10.2. The molecule has 88 valence electrons. The minimum atomic E-state index is 0.557. The van der Waals surface area contributed by atoms with E-state index in [1.54, 1.807) is 0 Å². The Balaban J connectivity index is 2.36. The molecule has 3 nitrogen and oxygen atoms in total. The predicted octanol–water partition coefficient (Wildman–Crippen LogP) is 3.14. The van der Waals surface area contributed by atoms with E-state index >= 15 is 0 Å². The second-order valence-corrected chi connectivity index (χ2v) is 3.90. The summed E-state index contributed by atoms with van der Waals surface area (Å²) in [5.74, 6) is 0.557. The highest BCUT2D eigenvalue weighted by Gasteiger charge is 2.01. The van der Waals surface area contributed by atoms with E-state index in [4.69, 9.17) is 5.26 Å². The molecule has 0 aliphatic rings. The Bertz CT molecular complexity index is 577. The molecule has 2 aromatic carbocycles. The predicted molar refractivity (Wildman–Crippen MR) is 72.6 cm³/mol. The van der Waals surface area contributed by atoms with Gasteiger partial charge in [-0.15, -0.1) is 0 Å². The van der Waals surface area contributed by atoms with Crippen molar-refractivity contribution in [3.8, 4) is 6.19 Å². The van der Waals surface area contributed by atoms with Crippen LogP contribution in [0.4, 0.5) is 5.69 Å². The average Bonchev–Trinajstić information content (AvgIpc) is 2.42. The molecule has 0 saturated heterocycles. The molecular formula is C15H13N3. The topological polar surface area (TPSA) is 48.2 Å². The molecule has 1 N–H and O–H groups in total. The first-order chi connectivity index (χ1) is 8.79. The fraction of sp³-hybridized carbons (Fsp3) is 0.0667. The molecule has 0 radical (unpaired) electrons. The maximum atomic E-state index is 8.78. The third kappa shape index (κ3) is 2.96. The van der Waals surface area contributed by atoms with E-state index in [1.165, 1.54) is 5.56 Å². The molecule has 0 saturated carbocycles. The highest BCUT2D eigenvalue weighted by Crippen LogP contribution is 2.14. The van der Waals surface area contributed by atoms with Crippen molar-refractivity contribution in [2.24, 2.45) is 4.99 Å². The maximum absolute atomic E-state index is 8.78. The molecule has 2 aromatic rings. The lowest BCUT2D eigenvalue weighted by Gasteiger charge is -2.04. The zero-order chi connectivity index (χ0) is 12.8. The Hall–Kier alpha value is -2.60. The van der Waals surface area contributed by atoms with Gasteiger partial charge in [0.25, 0.3) is 0 Å². The monoisotopic (exact) mass is 235 g/mol. The fourth-order valence-electron chi connectivity index (χ4n) is 1.56. The minimum absolute atomic E-state index is 0.557. The zero-order valence-electron chi connectivity index (χ0n) is 10.1. The average molecular weight is 235 g/mol.